The number of aryl methyl sites for hydroxylation is 1. The van der Waals surface area contributed by atoms with E-state index < -0.39 is 0 Å². The molecule has 2 N–H and O–H groups in total. The van der Waals surface area contributed by atoms with Crippen LogP contribution in [0.3, 0.4) is 0 Å². The van der Waals surface area contributed by atoms with Crippen molar-refractivity contribution >= 4 is 28.5 Å². The van der Waals surface area contributed by atoms with Crippen LogP contribution >= 0.6 is 22.7 Å². The van der Waals surface area contributed by atoms with Crippen molar-refractivity contribution in [3.8, 4) is 10.6 Å². The van der Waals surface area contributed by atoms with Gasteiger partial charge in [0.2, 0.25) is 0 Å². The van der Waals surface area contributed by atoms with Crippen molar-refractivity contribution < 1.29 is 5.11 Å². The Bertz CT molecular complexity index is 700. The number of aromatic nitrogens is 2. The zero-order valence-electron chi connectivity index (χ0n) is 11.7. The van der Waals surface area contributed by atoms with Gasteiger partial charge in [-0.15, -0.1) is 22.7 Å². The molecule has 0 amide bonds. The third-order valence-electron chi connectivity index (χ3n) is 3.26. The van der Waals surface area contributed by atoms with Gasteiger partial charge in [0.05, 0.1) is 24.6 Å². The molecule has 0 aliphatic heterocycles. The molecule has 0 radical (unpaired) electrons. The summed E-state index contributed by atoms with van der Waals surface area (Å²) in [5, 5.41) is 21.3. The lowest BCUT2D eigenvalue weighted by Crippen LogP contribution is -2.10. The van der Waals surface area contributed by atoms with Gasteiger partial charge in [-0.05, 0) is 35.4 Å². The number of thiophene rings is 2. The van der Waals surface area contributed by atoms with Crippen LogP contribution in [0.1, 0.15) is 10.4 Å². The lowest BCUT2D eigenvalue weighted by molar-refractivity contribution is 0.270. The number of hydrogen-bond acceptors (Lipinski definition) is 5. The summed E-state index contributed by atoms with van der Waals surface area (Å²) in [7, 11) is 0. The lowest BCUT2D eigenvalue weighted by atomic mass is 10.3. The van der Waals surface area contributed by atoms with Crippen molar-refractivity contribution in [3.63, 3.8) is 0 Å². The molecule has 0 fully saturated rings. The second kappa shape index (κ2) is 6.43. The Morgan fingerprint density at radius 1 is 1.29 bits per heavy atom. The van der Waals surface area contributed by atoms with Gasteiger partial charge in [0.1, 0.15) is 11.5 Å². The molecule has 0 bridgehead atoms. The molecule has 6 heteroatoms. The molecule has 0 atom stereocenters. The fourth-order valence-corrected chi connectivity index (χ4v) is 3.65. The van der Waals surface area contributed by atoms with Crippen molar-refractivity contribution in [2.75, 3.05) is 11.9 Å². The van der Waals surface area contributed by atoms with Crippen LogP contribution in [0, 0.1) is 6.92 Å². The quantitative estimate of drug-likeness (QED) is 0.730. The number of anilines is 1. The minimum atomic E-state index is 0.0816. The highest BCUT2D eigenvalue weighted by molar-refractivity contribution is 7.13. The first kappa shape index (κ1) is 14.3. The van der Waals surface area contributed by atoms with E-state index in [1.54, 1.807) is 22.7 Å². The second-order valence-corrected chi connectivity index (χ2v) is 6.67. The maximum atomic E-state index is 9.20. The summed E-state index contributed by atoms with van der Waals surface area (Å²) in [5.41, 5.74) is 2.25. The van der Waals surface area contributed by atoms with E-state index in [4.69, 9.17) is 0 Å². The summed E-state index contributed by atoms with van der Waals surface area (Å²) in [6.07, 6.45) is 0. The molecular formula is C15H17N3OS2. The summed E-state index contributed by atoms with van der Waals surface area (Å²) >= 11 is 3.42. The normalized spacial score (nSPS) is 11.0. The Balaban J connectivity index is 1.81. The highest BCUT2D eigenvalue weighted by Gasteiger charge is 2.10. The molecule has 0 aromatic carbocycles. The molecule has 0 aliphatic carbocycles. The lowest BCUT2D eigenvalue weighted by Gasteiger charge is -2.08. The minimum absolute atomic E-state index is 0.0816. The number of nitrogens with zero attached hydrogens (tertiary/aromatic N) is 2. The summed E-state index contributed by atoms with van der Waals surface area (Å²) in [5.74, 6) is 0.945. The molecule has 4 nitrogen and oxygen atoms in total. The summed E-state index contributed by atoms with van der Waals surface area (Å²) in [6.45, 7) is 3.48. The van der Waals surface area contributed by atoms with Gasteiger partial charge < -0.3 is 10.4 Å². The fraction of sp³-hybridized carbons (Fsp3) is 0.267. The standard InChI is InChI=1S/C15H17N3OS2/c1-11-4-8-21-14(11)10-16-15-9-12(13-3-2-7-20-13)17-18(15)5-6-19/h2-4,7-9,16,19H,5-6,10H2,1H3. The van der Waals surface area contributed by atoms with E-state index in [9.17, 15) is 5.11 Å². The Hall–Kier alpha value is -1.63. The number of nitrogens with one attached hydrogen (secondary N) is 1. The average Bonchev–Trinajstić information content (AvgIpc) is 3.18. The molecule has 0 saturated carbocycles. The Morgan fingerprint density at radius 2 is 2.19 bits per heavy atom. The molecule has 3 rings (SSSR count). The van der Waals surface area contributed by atoms with Gasteiger partial charge in [0.25, 0.3) is 0 Å². The van der Waals surface area contributed by atoms with Crippen LogP contribution in [0.15, 0.2) is 35.0 Å². The maximum absolute atomic E-state index is 9.20. The van der Waals surface area contributed by atoms with Gasteiger partial charge in [-0.1, -0.05) is 6.07 Å². The smallest absolute Gasteiger partial charge is 0.125 e. The van der Waals surface area contributed by atoms with Gasteiger partial charge in [0.15, 0.2) is 0 Å². The second-order valence-electron chi connectivity index (χ2n) is 4.72. The van der Waals surface area contributed by atoms with E-state index in [-0.39, 0.29) is 6.61 Å². The number of aliphatic hydroxyl groups excluding tert-OH is 1. The Morgan fingerprint density at radius 3 is 2.86 bits per heavy atom. The van der Waals surface area contributed by atoms with Crippen LogP contribution in [0.2, 0.25) is 0 Å². The van der Waals surface area contributed by atoms with E-state index in [0.717, 1.165) is 22.9 Å². The molecular weight excluding hydrogens is 302 g/mol. The van der Waals surface area contributed by atoms with Crippen molar-refractivity contribution in [2.24, 2.45) is 0 Å². The molecule has 21 heavy (non-hydrogen) atoms. The van der Waals surface area contributed by atoms with Crippen molar-refractivity contribution in [3.05, 3.63) is 45.5 Å². The molecule has 0 aliphatic rings. The monoisotopic (exact) mass is 319 g/mol. The highest BCUT2D eigenvalue weighted by Crippen LogP contribution is 2.26. The SMILES string of the molecule is Cc1ccsc1CNc1cc(-c2cccs2)nn1CCO. The third-order valence-corrected chi connectivity index (χ3v) is 5.18. The van der Waals surface area contributed by atoms with Crippen LogP contribution in [-0.2, 0) is 13.1 Å². The third kappa shape index (κ3) is 3.18. The van der Waals surface area contributed by atoms with Gasteiger partial charge >= 0.3 is 0 Å². The van der Waals surface area contributed by atoms with Gasteiger partial charge in [0, 0.05) is 10.9 Å². The van der Waals surface area contributed by atoms with Gasteiger partial charge in [-0.25, -0.2) is 4.68 Å². The van der Waals surface area contributed by atoms with E-state index in [1.807, 2.05) is 22.2 Å². The Labute approximate surface area is 131 Å². The molecule has 0 spiro atoms. The maximum Gasteiger partial charge on any atom is 0.125 e. The zero-order chi connectivity index (χ0) is 14.7. The number of rotatable bonds is 6. The predicted molar refractivity (Wildman–Crippen MR) is 89.0 cm³/mol. The first-order chi connectivity index (χ1) is 10.3. The first-order valence-corrected chi connectivity index (χ1v) is 8.53. The topological polar surface area (TPSA) is 50.1 Å². The van der Waals surface area contributed by atoms with Crippen molar-refractivity contribution in [2.45, 2.75) is 20.0 Å². The largest absolute Gasteiger partial charge is 0.394 e. The molecule has 3 heterocycles. The van der Waals surface area contributed by atoms with E-state index in [1.165, 1.54) is 10.4 Å². The average molecular weight is 319 g/mol. The highest BCUT2D eigenvalue weighted by atomic mass is 32.1. The van der Waals surface area contributed by atoms with E-state index in [2.05, 4.69) is 34.9 Å². The van der Waals surface area contributed by atoms with Gasteiger partial charge in [-0.2, -0.15) is 5.10 Å². The van der Waals surface area contributed by atoms with Crippen molar-refractivity contribution in [1.82, 2.24) is 9.78 Å². The minimum Gasteiger partial charge on any atom is -0.394 e. The molecule has 110 valence electrons. The van der Waals surface area contributed by atoms with Crippen LogP contribution in [-0.4, -0.2) is 21.5 Å². The molecule has 3 aromatic heterocycles. The first-order valence-electron chi connectivity index (χ1n) is 6.77. The van der Waals surface area contributed by atoms with Gasteiger partial charge in [-0.3, -0.25) is 0 Å². The van der Waals surface area contributed by atoms with E-state index >= 15 is 0 Å². The molecule has 0 unspecified atom stereocenters. The Kier molecular flexibility index (Phi) is 4.38. The number of hydrogen-bond donors (Lipinski definition) is 2. The predicted octanol–water partition coefficient (Wildman–Crippen LogP) is 3.59. The molecule has 0 saturated heterocycles. The number of aliphatic hydroxyl groups is 1. The summed E-state index contributed by atoms with van der Waals surface area (Å²) < 4.78 is 1.83. The van der Waals surface area contributed by atoms with Crippen LogP contribution < -0.4 is 5.32 Å². The zero-order valence-corrected chi connectivity index (χ0v) is 13.4. The van der Waals surface area contributed by atoms with Crippen molar-refractivity contribution in [1.29, 1.82) is 0 Å². The summed E-state index contributed by atoms with van der Waals surface area (Å²) in [6, 6.07) is 8.25. The van der Waals surface area contributed by atoms with Crippen LogP contribution in [0.4, 0.5) is 5.82 Å². The fourth-order valence-electron chi connectivity index (χ4n) is 2.13. The van der Waals surface area contributed by atoms with Crippen LogP contribution in [0.25, 0.3) is 10.6 Å². The van der Waals surface area contributed by atoms with Crippen LogP contribution in [0.5, 0.6) is 0 Å². The summed E-state index contributed by atoms with van der Waals surface area (Å²) in [4.78, 5) is 2.46. The molecule has 3 aromatic rings. The van der Waals surface area contributed by atoms with E-state index in [0.29, 0.717) is 6.54 Å².